The molecule has 0 amide bonds. The van der Waals surface area contributed by atoms with E-state index < -0.39 is 28.5 Å². The van der Waals surface area contributed by atoms with Gasteiger partial charge in [-0.25, -0.2) is 9.18 Å². The summed E-state index contributed by atoms with van der Waals surface area (Å²) >= 11 is 0. The summed E-state index contributed by atoms with van der Waals surface area (Å²) in [5.74, 6) is -3.04. The third-order valence-electron chi connectivity index (χ3n) is 5.10. The Kier molecular flexibility index (Phi) is 3.87. The molecule has 1 aromatic heterocycles. The molecule has 1 aliphatic heterocycles. The Bertz CT molecular complexity index is 967. The van der Waals surface area contributed by atoms with E-state index in [4.69, 9.17) is 0 Å². The number of halogens is 1. The molecular formula is C18H20FN3O4. The van der Waals surface area contributed by atoms with Crippen LogP contribution in [0, 0.1) is 5.82 Å². The van der Waals surface area contributed by atoms with Crippen LogP contribution in [0.4, 0.5) is 10.1 Å². The van der Waals surface area contributed by atoms with Gasteiger partial charge >= 0.3 is 5.97 Å². The van der Waals surface area contributed by atoms with Crippen molar-refractivity contribution in [2.45, 2.75) is 31.8 Å². The second kappa shape index (κ2) is 5.98. The van der Waals surface area contributed by atoms with Crippen molar-refractivity contribution in [3.05, 3.63) is 33.9 Å². The molecule has 138 valence electrons. The monoisotopic (exact) mass is 361 g/mol. The largest absolute Gasteiger partial charge is 0.504 e. The van der Waals surface area contributed by atoms with E-state index in [2.05, 4.69) is 5.32 Å². The van der Waals surface area contributed by atoms with Crippen LogP contribution >= 0.6 is 0 Å². The van der Waals surface area contributed by atoms with Crippen molar-refractivity contribution in [2.75, 3.05) is 24.5 Å². The van der Waals surface area contributed by atoms with Gasteiger partial charge in [-0.05, 0) is 25.8 Å². The summed E-state index contributed by atoms with van der Waals surface area (Å²) in [7, 11) is 0. The Hall–Kier alpha value is -2.61. The maximum absolute atomic E-state index is 14.9. The number of hydrogen-bond acceptors (Lipinski definition) is 5. The number of phenols is 1. The van der Waals surface area contributed by atoms with Gasteiger partial charge in [0.1, 0.15) is 5.56 Å². The highest BCUT2D eigenvalue weighted by atomic mass is 19.1. The molecular weight excluding hydrogens is 341 g/mol. The van der Waals surface area contributed by atoms with E-state index in [1.165, 1.54) is 6.20 Å². The highest BCUT2D eigenvalue weighted by molar-refractivity contribution is 5.96. The number of aromatic nitrogens is 1. The molecule has 2 aromatic rings. The zero-order valence-electron chi connectivity index (χ0n) is 14.3. The van der Waals surface area contributed by atoms with Crippen LogP contribution in [-0.4, -0.2) is 46.4 Å². The fourth-order valence-corrected chi connectivity index (χ4v) is 3.64. The Labute approximate surface area is 148 Å². The lowest BCUT2D eigenvalue weighted by molar-refractivity contribution is 0.0695. The number of anilines is 1. The van der Waals surface area contributed by atoms with Crippen molar-refractivity contribution < 1.29 is 19.4 Å². The first-order chi connectivity index (χ1) is 12.4. The number of hydrogen-bond donors (Lipinski definition) is 3. The topological polar surface area (TPSA) is 94.8 Å². The summed E-state index contributed by atoms with van der Waals surface area (Å²) in [6.45, 7) is 3.83. The van der Waals surface area contributed by atoms with Gasteiger partial charge in [-0.15, -0.1) is 0 Å². The van der Waals surface area contributed by atoms with Crippen molar-refractivity contribution in [1.29, 1.82) is 0 Å². The molecule has 0 spiro atoms. The van der Waals surface area contributed by atoms with Crippen LogP contribution in [-0.2, 0) is 0 Å². The molecule has 1 aliphatic carbocycles. The number of carbonyl (C=O) groups is 1. The number of carboxylic acids is 1. The number of nitrogens with one attached hydrogen (secondary N) is 1. The first-order valence-corrected chi connectivity index (χ1v) is 8.70. The zero-order chi connectivity index (χ0) is 18.6. The minimum atomic E-state index is -1.38. The summed E-state index contributed by atoms with van der Waals surface area (Å²) in [6, 6.07) is 1.80. The molecule has 1 saturated heterocycles. The fraction of sp³-hybridized carbons (Fsp3) is 0.444. The number of aromatic hydroxyl groups is 1. The van der Waals surface area contributed by atoms with Crippen LogP contribution in [0.1, 0.15) is 36.2 Å². The number of fused-ring (bicyclic) bond motifs is 1. The van der Waals surface area contributed by atoms with Crippen molar-refractivity contribution in [3.8, 4) is 5.75 Å². The molecule has 1 unspecified atom stereocenters. The number of benzene rings is 1. The first-order valence-electron chi connectivity index (χ1n) is 8.70. The second-order valence-corrected chi connectivity index (χ2v) is 7.07. The maximum Gasteiger partial charge on any atom is 0.341 e. The van der Waals surface area contributed by atoms with Crippen molar-refractivity contribution >= 4 is 22.6 Å². The van der Waals surface area contributed by atoms with E-state index in [1.54, 1.807) is 10.6 Å². The standard InChI is InChI=1S/C18H20FN3O4/c1-9-7-21(5-4-20-9)13-6-12-14(17(24)15(13)19)16(23)11(18(25)26)8-22(12)10-2-3-10/h6,8-10,20,24H,2-5,7H2,1H3,(H,25,26). The summed E-state index contributed by atoms with van der Waals surface area (Å²) in [5.41, 5.74) is -0.702. The van der Waals surface area contributed by atoms with Gasteiger partial charge < -0.3 is 25.0 Å². The molecule has 0 radical (unpaired) electrons. The van der Waals surface area contributed by atoms with Crippen LogP contribution < -0.4 is 15.6 Å². The molecule has 2 heterocycles. The van der Waals surface area contributed by atoms with Gasteiger partial charge in [0.15, 0.2) is 11.6 Å². The zero-order valence-corrected chi connectivity index (χ0v) is 14.3. The predicted octanol–water partition coefficient (Wildman–Crippen LogP) is 1.68. The first kappa shape index (κ1) is 16.8. The lowest BCUT2D eigenvalue weighted by Crippen LogP contribution is -2.49. The van der Waals surface area contributed by atoms with Crippen LogP contribution in [0.2, 0.25) is 0 Å². The Morgan fingerprint density at radius 3 is 2.73 bits per heavy atom. The van der Waals surface area contributed by atoms with Crippen molar-refractivity contribution in [2.24, 2.45) is 0 Å². The number of rotatable bonds is 3. The van der Waals surface area contributed by atoms with Gasteiger partial charge in [-0.2, -0.15) is 0 Å². The molecule has 7 nitrogen and oxygen atoms in total. The molecule has 26 heavy (non-hydrogen) atoms. The number of nitrogens with zero attached hydrogens (tertiary/aromatic N) is 2. The van der Waals surface area contributed by atoms with E-state index in [1.807, 2.05) is 11.8 Å². The molecule has 8 heteroatoms. The average Bonchev–Trinajstić information content (AvgIpc) is 3.42. The molecule has 1 aromatic carbocycles. The van der Waals surface area contributed by atoms with Gasteiger partial charge in [-0.3, -0.25) is 4.79 Å². The fourth-order valence-electron chi connectivity index (χ4n) is 3.64. The lowest BCUT2D eigenvalue weighted by atomic mass is 10.1. The minimum Gasteiger partial charge on any atom is -0.504 e. The Morgan fingerprint density at radius 1 is 1.38 bits per heavy atom. The molecule has 2 fully saturated rings. The van der Waals surface area contributed by atoms with E-state index in [9.17, 15) is 24.2 Å². The van der Waals surface area contributed by atoms with Gasteiger partial charge in [0.2, 0.25) is 5.43 Å². The van der Waals surface area contributed by atoms with Gasteiger partial charge in [0, 0.05) is 37.9 Å². The van der Waals surface area contributed by atoms with E-state index in [-0.39, 0.29) is 23.2 Å². The normalized spacial score (nSPS) is 20.5. The third-order valence-corrected chi connectivity index (χ3v) is 5.10. The Morgan fingerprint density at radius 2 is 2.12 bits per heavy atom. The quantitative estimate of drug-likeness (QED) is 0.770. The van der Waals surface area contributed by atoms with Gasteiger partial charge in [0.05, 0.1) is 16.6 Å². The van der Waals surface area contributed by atoms with Crippen LogP contribution in [0.25, 0.3) is 10.9 Å². The Balaban J connectivity index is 1.99. The van der Waals surface area contributed by atoms with Crippen LogP contribution in [0.5, 0.6) is 5.75 Å². The van der Waals surface area contributed by atoms with E-state index in [0.717, 1.165) is 12.8 Å². The maximum atomic E-state index is 14.9. The average molecular weight is 361 g/mol. The van der Waals surface area contributed by atoms with Crippen molar-refractivity contribution in [3.63, 3.8) is 0 Å². The number of pyridine rings is 1. The summed E-state index contributed by atoms with van der Waals surface area (Å²) in [6.07, 6.45) is 3.02. The SMILES string of the molecule is CC1CN(c2cc3c(c(O)c2F)c(=O)c(C(=O)O)cn3C2CC2)CCN1. The number of carboxylic acid groups (broad SMARTS) is 1. The molecule has 1 saturated carbocycles. The smallest absolute Gasteiger partial charge is 0.341 e. The lowest BCUT2D eigenvalue weighted by Gasteiger charge is -2.34. The number of phenolic OH excluding ortho intramolecular Hbond substituents is 1. The van der Waals surface area contributed by atoms with Gasteiger partial charge in [0.25, 0.3) is 0 Å². The molecule has 0 bridgehead atoms. The highest BCUT2D eigenvalue weighted by Crippen LogP contribution is 2.40. The second-order valence-electron chi connectivity index (χ2n) is 7.07. The van der Waals surface area contributed by atoms with Gasteiger partial charge in [-0.1, -0.05) is 0 Å². The highest BCUT2D eigenvalue weighted by Gasteiger charge is 2.30. The predicted molar refractivity (Wildman–Crippen MR) is 94.7 cm³/mol. The number of aromatic carboxylic acids is 1. The minimum absolute atomic E-state index is 0.0656. The summed E-state index contributed by atoms with van der Waals surface area (Å²) < 4.78 is 16.6. The van der Waals surface area contributed by atoms with Crippen molar-refractivity contribution in [1.82, 2.24) is 9.88 Å². The summed E-state index contributed by atoms with van der Waals surface area (Å²) in [5, 5.41) is 22.7. The molecule has 3 N–H and O–H groups in total. The summed E-state index contributed by atoms with van der Waals surface area (Å²) in [4.78, 5) is 25.8. The number of piperazine rings is 1. The third kappa shape index (κ3) is 2.61. The van der Waals surface area contributed by atoms with Crippen LogP contribution in [0.3, 0.4) is 0 Å². The van der Waals surface area contributed by atoms with E-state index in [0.29, 0.717) is 25.2 Å². The molecule has 2 aliphatic rings. The molecule has 1 atom stereocenters. The van der Waals surface area contributed by atoms with E-state index >= 15 is 0 Å². The van der Waals surface area contributed by atoms with Crippen LogP contribution in [0.15, 0.2) is 17.1 Å². The molecule has 4 rings (SSSR count).